The van der Waals surface area contributed by atoms with E-state index in [9.17, 15) is 18.0 Å². The van der Waals surface area contributed by atoms with Gasteiger partial charge in [-0.05, 0) is 25.5 Å². The minimum absolute atomic E-state index is 0.0849. The number of halogens is 3. The van der Waals surface area contributed by atoms with E-state index in [1.165, 1.54) is 11.3 Å². The molecule has 1 N–H and O–H groups in total. The monoisotopic (exact) mass is 300 g/mol. The van der Waals surface area contributed by atoms with Gasteiger partial charge in [-0.15, -0.1) is 11.3 Å². The first kappa shape index (κ1) is 14.5. The Kier molecular flexibility index (Phi) is 4.39. The number of rotatable bonds is 4. The number of hydrogen-bond donors (Lipinski definition) is 1. The summed E-state index contributed by atoms with van der Waals surface area (Å²) in [5.74, 6) is -4.78. The van der Waals surface area contributed by atoms with Crippen LogP contribution in [0, 0.1) is 24.4 Å². The molecule has 7 heteroatoms. The van der Waals surface area contributed by atoms with Crippen molar-refractivity contribution in [2.75, 3.05) is 5.32 Å². The van der Waals surface area contributed by atoms with Gasteiger partial charge < -0.3 is 5.32 Å². The molecule has 1 aromatic heterocycles. The van der Waals surface area contributed by atoms with E-state index in [1.807, 2.05) is 12.3 Å². The van der Waals surface area contributed by atoms with E-state index in [1.54, 1.807) is 0 Å². The van der Waals surface area contributed by atoms with Crippen molar-refractivity contribution < 1.29 is 18.0 Å². The molecule has 0 aliphatic heterocycles. The van der Waals surface area contributed by atoms with Crippen molar-refractivity contribution in [2.45, 2.75) is 19.8 Å². The maximum atomic E-state index is 13.3. The van der Waals surface area contributed by atoms with Gasteiger partial charge in [0.05, 0.1) is 16.4 Å². The highest BCUT2D eigenvalue weighted by atomic mass is 32.1. The SMILES string of the molecule is Cc1nc(CCC(=O)Nc2ccc(F)c(F)c2F)cs1. The van der Waals surface area contributed by atoms with Gasteiger partial charge in [-0.3, -0.25) is 4.79 Å². The number of anilines is 1. The summed E-state index contributed by atoms with van der Waals surface area (Å²) in [5, 5.41) is 4.94. The Morgan fingerprint density at radius 2 is 2.05 bits per heavy atom. The molecule has 2 rings (SSSR count). The largest absolute Gasteiger partial charge is 0.323 e. The average molecular weight is 300 g/mol. The topological polar surface area (TPSA) is 42.0 Å². The first-order valence-corrected chi connectivity index (χ1v) is 6.69. The quantitative estimate of drug-likeness (QED) is 0.879. The van der Waals surface area contributed by atoms with Gasteiger partial charge >= 0.3 is 0 Å². The smallest absolute Gasteiger partial charge is 0.224 e. The molecule has 0 atom stereocenters. The summed E-state index contributed by atoms with van der Waals surface area (Å²) >= 11 is 1.47. The van der Waals surface area contributed by atoms with Gasteiger partial charge in [0.2, 0.25) is 5.91 Å². The van der Waals surface area contributed by atoms with Gasteiger partial charge in [-0.2, -0.15) is 0 Å². The second-order valence-corrected chi connectivity index (χ2v) is 5.19. The van der Waals surface area contributed by atoms with Gasteiger partial charge in [0.15, 0.2) is 17.5 Å². The molecule has 0 spiro atoms. The molecule has 0 aliphatic rings. The number of hydrogen-bond acceptors (Lipinski definition) is 3. The van der Waals surface area contributed by atoms with Gasteiger partial charge in [-0.1, -0.05) is 0 Å². The molecule has 106 valence electrons. The van der Waals surface area contributed by atoms with Gasteiger partial charge in [0.1, 0.15) is 0 Å². The number of benzene rings is 1. The normalized spacial score (nSPS) is 10.6. The van der Waals surface area contributed by atoms with Crippen molar-refractivity contribution in [3.8, 4) is 0 Å². The fraction of sp³-hybridized carbons (Fsp3) is 0.231. The Bertz CT molecular complexity index is 643. The zero-order valence-corrected chi connectivity index (χ0v) is 11.4. The Labute approximate surface area is 117 Å². The molecular formula is C13H11F3N2OS. The van der Waals surface area contributed by atoms with Crippen molar-refractivity contribution in [1.29, 1.82) is 0 Å². The molecule has 1 heterocycles. The van der Waals surface area contributed by atoms with E-state index in [0.29, 0.717) is 6.42 Å². The fourth-order valence-corrected chi connectivity index (χ4v) is 2.25. The first-order valence-electron chi connectivity index (χ1n) is 5.81. The number of aromatic nitrogens is 1. The van der Waals surface area contributed by atoms with E-state index in [0.717, 1.165) is 22.8 Å². The second kappa shape index (κ2) is 6.04. The zero-order chi connectivity index (χ0) is 14.7. The van der Waals surface area contributed by atoms with E-state index < -0.39 is 23.4 Å². The predicted molar refractivity (Wildman–Crippen MR) is 70.1 cm³/mol. The van der Waals surface area contributed by atoms with Gasteiger partial charge in [0.25, 0.3) is 0 Å². The van der Waals surface area contributed by atoms with E-state index >= 15 is 0 Å². The Morgan fingerprint density at radius 3 is 2.70 bits per heavy atom. The van der Waals surface area contributed by atoms with Crippen LogP contribution in [-0.2, 0) is 11.2 Å². The van der Waals surface area contributed by atoms with Gasteiger partial charge in [-0.25, -0.2) is 18.2 Å². The molecule has 1 amide bonds. The van der Waals surface area contributed by atoms with Crippen LogP contribution in [0.15, 0.2) is 17.5 Å². The fourth-order valence-electron chi connectivity index (χ4n) is 1.60. The zero-order valence-electron chi connectivity index (χ0n) is 10.5. The number of nitrogens with one attached hydrogen (secondary N) is 1. The number of amides is 1. The van der Waals surface area contributed by atoms with Crippen LogP contribution in [0.5, 0.6) is 0 Å². The lowest BCUT2D eigenvalue weighted by Crippen LogP contribution is -2.14. The summed E-state index contributed by atoms with van der Waals surface area (Å²) in [6.07, 6.45) is 0.489. The molecule has 0 unspecified atom stereocenters. The predicted octanol–water partition coefficient (Wildman–Crippen LogP) is 3.44. The van der Waals surface area contributed by atoms with Crippen LogP contribution in [0.4, 0.5) is 18.9 Å². The summed E-state index contributed by atoms with van der Waals surface area (Å²) in [6, 6.07) is 1.75. The highest BCUT2D eigenvalue weighted by Gasteiger charge is 2.15. The molecule has 0 saturated carbocycles. The number of aryl methyl sites for hydroxylation is 2. The molecule has 0 fully saturated rings. The molecule has 2 aromatic rings. The number of carbonyl (C=O) groups excluding carboxylic acids is 1. The van der Waals surface area contributed by atoms with Crippen molar-refractivity contribution in [1.82, 2.24) is 4.98 Å². The number of thiazole rings is 1. The van der Waals surface area contributed by atoms with E-state index in [4.69, 9.17) is 0 Å². The van der Waals surface area contributed by atoms with Crippen molar-refractivity contribution in [3.63, 3.8) is 0 Å². The third-order valence-electron chi connectivity index (χ3n) is 2.58. The maximum absolute atomic E-state index is 13.3. The first-order chi connectivity index (χ1) is 9.47. The van der Waals surface area contributed by atoms with Crippen LogP contribution in [-0.4, -0.2) is 10.9 Å². The van der Waals surface area contributed by atoms with Crippen molar-refractivity contribution in [2.24, 2.45) is 0 Å². The Balaban J connectivity index is 1.96. The van der Waals surface area contributed by atoms with Crippen molar-refractivity contribution >= 4 is 22.9 Å². The van der Waals surface area contributed by atoms with Crippen LogP contribution in [0.2, 0.25) is 0 Å². The van der Waals surface area contributed by atoms with E-state index in [2.05, 4.69) is 10.3 Å². The summed E-state index contributed by atoms with van der Waals surface area (Å²) in [7, 11) is 0. The van der Waals surface area contributed by atoms with E-state index in [-0.39, 0.29) is 12.1 Å². The molecule has 0 saturated heterocycles. The summed E-state index contributed by atoms with van der Waals surface area (Å²) < 4.78 is 39.1. The standard InChI is InChI=1S/C13H11F3N2OS/c1-7-17-8(6-20-7)2-5-11(19)18-10-4-3-9(14)12(15)13(10)16/h3-4,6H,2,5H2,1H3,(H,18,19). The van der Waals surface area contributed by atoms with Crippen LogP contribution >= 0.6 is 11.3 Å². The molecule has 0 bridgehead atoms. The number of nitrogens with zero attached hydrogens (tertiary/aromatic N) is 1. The maximum Gasteiger partial charge on any atom is 0.224 e. The molecule has 0 aliphatic carbocycles. The van der Waals surface area contributed by atoms with Crippen LogP contribution < -0.4 is 5.32 Å². The number of carbonyl (C=O) groups is 1. The minimum Gasteiger partial charge on any atom is -0.323 e. The third kappa shape index (κ3) is 3.36. The Morgan fingerprint density at radius 1 is 1.30 bits per heavy atom. The minimum atomic E-state index is -1.60. The second-order valence-electron chi connectivity index (χ2n) is 4.13. The molecule has 0 radical (unpaired) electrons. The van der Waals surface area contributed by atoms with Crippen LogP contribution in [0.1, 0.15) is 17.1 Å². The Hall–Kier alpha value is -1.89. The lowest BCUT2D eigenvalue weighted by Gasteiger charge is -2.06. The highest BCUT2D eigenvalue weighted by Crippen LogP contribution is 2.20. The van der Waals surface area contributed by atoms with Crippen LogP contribution in [0.25, 0.3) is 0 Å². The third-order valence-corrected chi connectivity index (χ3v) is 3.41. The molecule has 1 aromatic carbocycles. The highest BCUT2D eigenvalue weighted by molar-refractivity contribution is 7.09. The summed E-state index contributed by atoms with van der Waals surface area (Å²) in [4.78, 5) is 15.8. The summed E-state index contributed by atoms with van der Waals surface area (Å²) in [6.45, 7) is 1.85. The van der Waals surface area contributed by atoms with Gasteiger partial charge in [0, 0.05) is 11.8 Å². The molecule has 3 nitrogen and oxygen atoms in total. The molecule has 20 heavy (non-hydrogen) atoms. The van der Waals surface area contributed by atoms with Crippen molar-refractivity contribution in [3.05, 3.63) is 45.7 Å². The lowest BCUT2D eigenvalue weighted by atomic mass is 10.2. The summed E-state index contributed by atoms with van der Waals surface area (Å²) in [5.41, 5.74) is 0.400. The molecular weight excluding hydrogens is 289 g/mol. The average Bonchev–Trinajstić information content (AvgIpc) is 2.83. The van der Waals surface area contributed by atoms with Crippen LogP contribution in [0.3, 0.4) is 0 Å². The lowest BCUT2D eigenvalue weighted by molar-refractivity contribution is -0.116.